The first kappa shape index (κ1) is 23.6. The van der Waals surface area contributed by atoms with Crippen LogP contribution in [0.5, 0.6) is 5.75 Å². The van der Waals surface area contributed by atoms with Crippen LogP contribution in [0.4, 0.5) is 18.9 Å². The molecule has 0 amide bonds. The number of sulfonamides is 1. The van der Waals surface area contributed by atoms with Crippen molar-refractivity contribution in [3.05, 3.63) is 60.0 Å². The average molecular weight is 496 g/mol. The van der Waals surface area contributed by atoms with Crippen molar-refractivity contribution in [2.24, 2.45) is 0 Å². The number of hydrogen-bond donors (Lipinski definition) is 1. The topological polar surface area (TPSA) is 110 Å². The van der Waals surface area contributed by atoms with Crippen LogP contribution < -0.4 is 9.04 Å². The van der Waals surface area contributed by atoms with Crippen LogP contribution in [0.1, 0.15) is 24.1 Å². The quantitative estimate of drug-likeness (QED) is 0.535. The molecule has 0 saturated carbocycles. The van der Waals surface area contributed by atoms with Gasteiger partial charge in [0.25, 0.3) is 10.0 Å². The van der Waals surface area contributed by atoms with E-state index in [1.54, 1.807) is 13.0 Å². The van der Waals surface area contributed by atoms with Crippen LogP contribution in [-0.2, 0) is 21.0 Å². The third-order valence-corrected chi connectivity index (χ3v) is 6.96. The van der Waals surface area contributed by atoms with Gasteiger partial charge < -0.3 is 14.3 Å². The highest BCUT2D eigenvalue weighted by Crippen LogP contribution is 2.41. The van der Waals surface area contributed by atoms with Gasteiger partial charge in [0.2, 0.25) is 5.89 Å². The van der Waals surface area contributed by atoms with Crippen molar-refractivity contribution in [3.63, 3.8) is 0 Å². The molecule has 1 aromatic heterocycles. The lowest BCUT2D eigenvalue weighted by Gasteiger charge is -2.35. The number of oxazole rings is 1. The first-order valence-corrected chi connectivity index (χ1v) is 11.5. The van der Waals surface area contributed by atoms with Crippen molar-refractivity contribution < 1.29 is 40.6 Å². The Balaban J connectivity index is 1.80. The Kier molecular flexibility index (Phi) is 6.02. The smallest absolute Gasteiger partial charge is 0.416 e. The molecule has 0 aliphatic carbocycles. The van der Waals surface area contributed by atoms with Crippen LogP contribution in [0.3, 0.4) is 0 Å². The number of aliphatic carboxylic acids is 1. The summed E-state index contributed by atoms with van der Waals surface area (Å²) in [5.41, 5.74) is 0.0145. The lowest BCUT2D eigenvalue weighted by molar-refractivity contribution is -0.138. The Morgan fingerprint density at radius 2 is 2.00 bits per heavy atom. The first-order chi connectivity index (χ1) is 15.9. The van der Waals surface area contributed by atoms with E-state index < -0.39 is 38.7 Å². The zero-order valence-corrected chi connectivity index (χ0v) is 18.6. The highest BCUT2D eigenvalue weighted by atomic mass is 32.2. The minimum Gasteiger partial charge on any atom is -0.486 e. The van der Waals surface area contributed by atoms with Crippen LogP contribution in [0, 0.1) is 6.92 Å². The van der Waals surface area contributed by atoms with Crippen molar-refractivity contribution >= 4 is 21.7 Å². The van der Waals surface area contributed by atoms with Crippen molar-refractivity contribution in [1.82, 2.24) is 4.98 Å². The van der Waals surface area contributed by atoms with Gasteiger partial charge in [0.1, 0.15) is 18.1 Å². The molecule has 180 valence electrons. The SMILES string of the molecule is Cc1coc(-c2ccc3c(c2)N(S(=O)(=O)c2cccc(C(F)(F)F)c2)CC(CCC(=O)O)O3)n1. The average Bonchev–Trinajstić information content (AvgIpc) is 3.22. The number of anilines is 1. The van der Waals surface area contributed by atoms with E-state index in [0.717, 1.165) is 22.5 Å². The van der Waals surface area contributed by atoms with Gasteiger partial charge in [-0.3, -0.25) is 9.10 Å². The van der Waals surface area contributed by atoms with Crippen molar-refractivity contribution in [2.75, 3.05) is 10.8 Å². The fourth-order valence-corrected chi connectivity index (χ4v) is 5.10. The monoisotopic (exact) mass is 496 g/mol. The first-order valence-electron chi connectivity index (χ1n) is 10.1. The van der Waals surface area contributed by atoms with Crippen molar-refractivity contribution in [1.29, 1.82) is 0 Å². The second-order valence-electron chi connectivity index (χ2n) is 7.71. The van der Waals surface area contributed by atoms with E-state index in [4.69, 9.17) is 14.3 Å². The largest absolute Gasteiger partial charge is 0.486 e. The van der Waals surface area contributed by atoms with E-state index in [-0.39, 0.29) is 36.7 Å². The molecule has 34 heavy (non-hydrogen) atoms. The molecule has 2 heterocycles. The molecule has 4 rings (SSSR count). The van der Waals surface area contributed by atoms with Crippen molar-refractivity contribution in [3.8, 4) is 17.2 Å². The summed E-state index contributed by atoms with van der Waals surface area (Å²) in [6.07, 6.45) is -4.40. The molecule has 8 nitrogen and oxygen atoms in total. The summed E-state index contributed by atoms with van der Waals surface area (Å²) >= 11 is 0. The number of benzene rings is 2. The number of alkyl halides is 3. The molecule has 1 atom stereocenters. The van der Waals surface area contributed by atoms with Crippen LogP contribution in [0.15, 0.2) is 58.0 Å². The number of aromatic nitrogens is 1. The molecule has 1 aliphatic heterocycles. The summed E-state index contributed by atoms with van der Waals surface area (Å²) in [5, 5.41) is 9.00. The van der Waals surface area contributed by atoms with Crippen molar-refractivity contribution in [2.45, 2.75) is 36.9 Å². The fourth-order valence-electron chi connectivity index (χ4n) is 3.55. The van der Waals surface area contributed by atoms with Crippen LogP contribution in [0.2, 0.25) is 0 Å². The lowest BCUT2D eigenvalue weighted by atomic mass is 10.1. The van der Waals surface area contributed by atoms with Gasteiger partial charge in [-0.05, 0) is 49.7 Å². The fraction of sp³-hybridized carbons (Fsp3) is 0.273. The maximum atomic E-state index is 13.5. The van der Waals surface area contributed by atoms with Crippen LogP contribution in [0.25, 0.3) is 11.5 Å². The standard InChI is InChI=1S/C22H19F3N2O6S/c1-13-12-32-21(26-13)14-5-7-19-18(9-14)27(11-16(33-19)6-8-20(28)29)34(30,31)17-4-2-3-15(10-17)22(23,24)25/h2-5,7,9-10,12,16H,6,8,11H2,1H3,(H,28,29). The number of fused-ring (bicyclic) bond motifs is 1. The number of rotatable bonds is 6. The van der Waals surface area contributed by atoms with E-state index in [2.05, 4.69) is 4.98 Å². The molecule has 1 aliphatic rings. The maximum Gasteiger partial charge on any atom is 0.416 e. The van der Waals surface area contributed by atoms with Gasteiger partial charge in [-0.25, -0.2) is 13.4 Å². The highest BCUT2D eigenvalue weighted by Gasteiger charge is 2.37. The minimum absolute atomic E-state index is 0.00404. The van der Waals surface area contributed by atoms with E-state index in [9.17, 15) is 26.4 Å². The van der Waals surface area contributed by atoms with Gasteiger partial charge in [-0.1, -0.05) is 6.07 Å². The molecular weight excluding hydrogens is 477 g/mol. The normalized spacial score (nSPS) is 16.1. The summed E-state index contributed by atoms with van der Waals surface area (Å²) in [5.74, 6) is -0.717. The highest BCUT2D eigenvalue weighted by molar-refractivity contribution is 7.92. The summed E-state index contributed by atoms with van der Waals surface area (Å²) in [6.45, 7) is 1.43. The zero-order chi connectivity index (χ0) is 24.7. The molecule has 2 aromatic carbocycles. The Hall–Kier alpha value is -3.54. The Morgan fingerprint density at radius 1 is 1.24 bits per heavy atom. The van der Waals surface area contributed by atoms with E-state index in [1.165, 1.54) is 18.4 Å². The Bertz CT molecular complexity index is 1340. The molecule has 3 aromatic rings. The number of carboxylic acid groups (broad SMARTS) is 1. The molecule has 0 spiro atoms. The number of carboxylic acids is 1. The van der Waals surface area contributed by atoms with Gasteiger partial charge in [-0.15, -0.1) is 0 Å². The molecule has 0 saturated heterocycles. The molecule has 1 N–H and O–H groups in total. The second kappa shape index (κ2) is 8.67. The zero-order valence-electron chi connectivity index (χ0n) is 17.7. The lowest BCUT2D eigenvalue weighted by Crippen LogP contribution is -2.43. The number of ether oxygens (including phenoxy) is 1. The van der Waals surface area contributed by atoms with E-state index in [1.807, 2.05) is 0 Å². The van der Waals surface area contributed by atoms with Gasteiger partial charge in [0, 0.05) is 12.0 Å². The third-order valence-electron chi connectivity index (χ3n) is 5.19. The maximum absolute atomic E-state index is 13.5. The number of hydrogen-bond acceptors (Lipinski definition) is 6. The summed E-state index contributed by atoms with van der Waals surface area (Å²) in [6, 6.07) is 7.99. The summed E-state index contributed by atoms with van der Waals surface area (Å²) in [7, 11) is -4.47. The van der Waals surface area contributed by atoms with E-state index >= 15 is 0 Å². The van der Waals surface area contributed by atoms with Gasteiger partial charge in [-0.2, -0.15) is 13.2 Å². The molecule has 12 heteroatoms. The van der Waals surface area contributed by atoms with Gasteiger partial charge in [0.05, 0.1) is 28.4 Å². The molecule has 0 radical (unpaired) electrons. The predicted octanol–water partition coefficient (Wildman–Crippen LogP) is 4.49. The van der Waals surface area contributed by atoms with Crippen LogP contribution in [-0.4, -0.2) is 37.1 Å². The second-order valence-corrected chi connectivity index (χ2v) is 9.57. The molecule has 0 bridgehead atoms. The van der Waals surface area contributed by atoms with Gasteiger partial charge in [0.15, 0.2) is 0 Å². The molecular formula is C22H19F3N2O6S. The van der Waals surface area contributed by atoms with E-state index in [0.29, 0.717) is 17.3 Å². The predicted molar refractivity (Wildman–Crippen MR) is 114 cm³/mol. The number of aryl methyl sites for hydroxylation is 1. The third kappa shape index (κ3) is 4.72. The summed E-state index contributed by atoms with van der Waals surface area (Å²) < 4.78 is 78.8. The number of carbonyl (C=O) groups is 1. The van der Waals surface area contributed by atoms with Crippen LogP contribution >= 0.6 is 0 Å². The minimum atomic E-state index is -4.73. The Morgan fingerprint density at radius 3 is 2.65 bits per heavy atom. The molecule has 0 fully saturated rings. The number of nitrogens with zero attached hydrogens (tertiary/aromatic N) is 2. The Labute approximate surface area is 192 Å². The van der Waals surface area contributed by atoms with Gasteiger partial charge >= 0.3 is 12.1 Å². The molecule has 1 unspecified atom stereocenters. The number of halogens is 3. The summed E-state index contributed by atoms with van der Waals surface area (Å²) in [4.78, 5) is 14.7.